The zero-order chi connectivity index (χ0) is 9.54. The van der Waals surface area contributed by atoms with Crippen LogP contribution in [0.2, 0.25) is 0 Å². The number of hydrogen-bond acceptors (Lipinski definition) is 3. The third-order valence-corrected chi connectivity index (χ3v) is 3.40. The molecule has 2 aliphatic rings. The van der Waals surface area contributed by atoms with E-state index in [1.165, 1.54) is 31.2 Å². The topological polar surface area (TPSA) is 55.9 Å². The minimum atomic E-state index is 0.570. The summed E-state index contributed by atoms with van der Waals surface area (Å²) in [7, 11) is 0. The zero-order valence-corrected chi connectivity index (χ0v) is 8.29. The van der Waals surface area contributed by atoms with Gasteiger partial charge in [0.15, 0.2) is 0 Å². The van der Waals surface area contributed by atoms with Gasteiger partial charge in [-0.1, -0.05) is 12.8 Å². The molecule has 14 heavy (non-hydrogen) atoms. The Morgan fingerprint density at radius 1 is 1.29 bits per heavy atom. The van der Waals surface area contributed by atoms with Gasteiger partial charge in [0.25, 0.3) is 0 Å². The fraction of sp³-hybridized carbons (Fsp3) is 0.700. The number of nitrogens with one attached hydrogen (secondary N) is 1. The largest absolute Gasteiger partial charge is 0.384 e. The highest BCUT2D eigenvalue weighted by atomic mass is 15.3. The molecule has 0 unspecified atom stereocenters. The standard InChI is InChI=1S/C10H16N4/c11-10-8-5-12-6-9(8)13-14(10)7-3-1-2-4-7/h7,12H,1-6,11H2. The maximum atomic E-state index is 6.09. The summed E-state index contributed by atoms with van der Waals surface area (Å²) in [5.41, 5.74) is 8.49. The second-order valence-corrected chi connectivity index (χ2v) is 4.30. The average molecular weight is 192 g/mol. The van der Waals surface area contributed by atoms with Gasteiger partial charge in [-0.05, 0) is 12.8 Å². The fourth-order valence-corrected chi connectivity index (χ4v) is 2.60. The number of anilines is 1. The second-order valence-electron chi connectivity index (χ2n) is 4.30. The molecular formula is C10H16N4. The molecule has 76 valence electrons. The molecule has 1 aliphatic carbocycles. The van der Waals surface area contributed by atoms with Crippen molar-refractivity contribution in [2.24, 2.45) is 0 Å². The number of nitrogen functional groups attached to an aromatic ring is 1. The third kappa shape index (κ3) is 1.07. The van der Waals surface area contributed by atoms with E-state index in [2.05, 4.69) is 15.1 Å². The zero-order valence-electron chi connectivity index (χ0n) is 8.29. The lowest BCUT2D eigenvalue weighted by atomic mass is 10.2. The lowest BCUT2D eigenvalue weighted by Gasteiger charge is -2.12. The van der Waals surface area contributed by atoms with E-state index >= 15 is 0 Å². The number of nitrogens with zero attached hydrogens (tertiary/aromatic N) is 2. The molecule has 0 spiro atoms. The summed E-state index contributed by atoms with van der Waals surface area (Å²) in [6.45, 7) is 1.78. The molecule has 0 aromatic carbocycles. The van der Waals surface area contributed by atoms with E-state index in [0.717, 1.165) is 24.6 Å². The van der Waals surface area contributed by atoms with Gasteiger partial charge < -0.3 is 11.1 Å². The van der Waals surface area contributed by atoms with Crippen molar-refractivity contribution >= 4 is 5.82 Å². The minimum absolute atomic E-state index is 0.570. The molecular weight excluding hydrogens is 176 g/mol. The quantitative estimate of drug-likeness (QED) is 0.702. The first kappa shape index (κ1) is 8.29. The highest BCUT2D eigenvalue weighted by Gasteiger charge is 2.25. The van der Waals surface area contributed by atoms with E-state index in [9.17, 15) is 0 Å². The molecule has 1 aromatic rings. The molecule has 3 N–H and O–H groups in total. The van der Waals surface area contributed by atoms with Gasteiger partial charge in [-0.15, -0.1) is 0 Å². The molecule has 1 aromatic heterocycles. The van der Waals surface area contributed by atoms with Crippen LogP contribution in [0, 0.1) is 0 Å². The van der Waals surface area contributed by atoms with Crippen LogP contribution >= 0.6 is 0 Å². The highest BCUT2D eigenvalue weighted by Crippen LogP contribution is 2.33. The monoisotopic (exact) mass is 192 g/mol. The summed E-state index contributed by atoms with van der Waals surface area (Å²) in [6.07, 6.45) is 5.15. The second kappa shape index (κ2) is 2.98. The van der Waals surface area contributed by atoms with Crippen molar-refractivity contribution in [3.05, 3.63) is 11.3 Å². The first-order valence-electron chi connectivity index (χ1n) is 5.42. The summed E-state index contributed by atoms with van der Waals surface area (Å²) in [5, 5.41) is 7.87. The number of hydrogen-bond donors (Lipinski definition) is 2. The predicted molar refractivity (Wildman–Crippen MR) is 54.7 cm³/mol. The van der Waals surface area contributed by atoms with E-state index in [-0.39, 0.29) is 0 Å². The highest BCUT2D eigenvalue weighted by molar-refractivity contribution is 5.45. The minimum Gasteiger partial charge on any atom is -0.384 e. The van der Waals surface area contributed by atoms with Gasteiger partial charge in [-0.3, -0.25) is 0 Å². The molecule has 4 nitrogen and oxygen atoms in total. The molecule has 2 heterocycles. The maximum Gasteiger partial charge on any atom is 0.126 e. The first-order chi connectivity index (χ1) is 6.86. The smallest absolute Gasteiger partial charge is 0.126 e. The van der Waals surface area contributed by atoms with E-state index in [4.69, 9.17) is 5.73 Å². The summed E-state index contributed by atoms with van der Waals surface area (Å²) in [4.78, 5) is 0. The average Bonchev–Trinajstić information content (AvgIpc) is 2.84. The van der Waals surface area contributed by atoms with Crippen LogP contribution in [0.1, 0.15) is 43.0 Å². The Bertz CT molecular complexity index is 349. The molecule has 0 radical (unpaired) electrons. The molecule has 0 bridgehead atoms. The molecule has 4 heteroatoms. The van der Waals surface area contributed by atoms with E-state index in [0.29, 0.717) is 6.04 Å². The van der Waals surface area contributed by atoms with Gasteiger partial charge in [0, 0.05) is 18.7 Å². The maximum absolute atomic E-state index is 6.09. The van der Waals surface area contributed by atoms with Crippen LogP contribution in [-0.2, 0) is 13.1 Å². The lowest BCUT2D eigenvalue weighted by molar-refractivity contribution is 0.466. The number of nitrogens with two attached hydrogens (primary N) is 1. The van der Waals surface area contributed by atoms with Crippen LogP contribution < -0.4 is 11.1 Å². The fourth-order valence-electron chi connectivity index (χ4n) is 2.60. The SMILES string of the molecule is Nc1c2c(nn1C1CCCC1)CNC2. The van der Waals surface area contributed by atoms with E-state index in [1.807, 2.05) is 0 Å². The van der Waals surface area contributed by atoms with Crippen LogP contribution in [0.15, 0.2) is 0 Å². The van der Waals surface area contributed by atoms with Crippen molar-refractivity contribution < 1.29 is 0 Å². The number of aromatic nitrogens is 2. The summed E-state index contributed by atoms with van der Waals surface area (Å²) in [6, 6.07) is 0.570. The van der Waals surface area contributed by atoms with Crippen LogP contribution in [0.25, 0.3) is 0 Å². The van der Waals surface area contributed by atoms with Crippen molar-refractivity contribution in [2.45, 2.75) is 44.8 Å². The Labute approximate surface area is 83.5 Å². The molecule has 0 atom stereocenters. The van der Waals surface area contributed by atoms with Crippen molar-refractivity contribution in [3.63, 3.8) is 0 Å². The molecule has 1 saturated carbocycles. The Morgan fingerprint density at radius 3 is 2.79 bits per heavy atom. The van der Waals surface area contributed by atoms with Gasteiger partial charge in [-0.25, -0.2) is 4.68 Å². The van der Waals surface area contributed by atoms with Crippen molar-refractivity contribution in [1.82, 2.24) is 15.1 Å². The van der Waals surface area contributed by atoms with Gasteiger partial charge in [0.1, 0.15) is 5.82 Å². The Balaban J connectivity index is 1.98. The Hall–Kier alpha value is -1.03. The van der Waals surface area contributed by atoms with Crippen molar-refractivity contribution in [2.75, 3.05) is 5.73 Å². The van der Waals surface area contributed by atoms with Crippen molar-refractivity contribution in [3.8, 4) is 0 Å². The molecule has 0 amide bonds. The normalized spacial score (nSPS) is 21.7. The van der Waals surface area contributed by atoms with Crippen LogP contribution in [0.4, 0.5) is 5.82 Å². The first-order valence-corrected chi connectivity index (χ1v) is 5.42. The van der Waals surface area contributed by atoms with Crippen LogP contribution in [0.5, 0.6) is 0 Å². The predicted octanol–water partition coefficient (Wildman–Crippen LogP) is 1.18. The van der Waals surface area contributed by atoms with Gasteiger partial charge in [-0.2, -0.15) is 5.10 Å². The summed E-state index contributed by atoms with van der Waals surface area (Å²) >= 11 is 0. The third-order valence-electron chi connectivity index (χ3n) is 3.40. The van der Waals surface area contributed by atoms with Gasteiger partial charge in [0.2, 0.25) is 0 Å². The Kier molecular flexibility index (Phi) is 1.77. The van der Waals surface area contributed by atoms with E-state index < -0.39 is 0 Å². The summed E-state index contributed by atoms with van der Waals surface area (Å²) < 4.78 is 2.07. The molecule has 1 aliphatic heterocycles. The van der Waals surface area contributed by atoms with Crippen LogP contribution in [-0.4, -0.2) is 9.78 Å². The van der Waals surface area contributed by atoms with Crippen molar-refractivity contribution in [1.29, 1.82) is 0 Å². The summed E-state index contributed by atoms with van der Waals surface area (Å²) in [5.74, 6) is 0.900. The molecule has 3 rings (SSSR count). The molecule has 0 saturated heterocycles. The number of fused-ring (bicyclic) bond motifs is 1. The lowest BCUT2D eigenvalue weighted by Crippen LogP contribution is -2.13. The molecule has 1 fully saturated rings. The van der Waals surface area contributed by atoms with Gasteiger partial charge >= 0.3 is 0 Å². The van der Waals surface area contributed by atoms with Crippen LogP contribution in [0.3, 0.4) is 0 Å². The van der Waals surface area contributed by atoms with Gasteiger partial charge in [0.05, 0.1) is 11.7 Å². The van der Waals surface area contributed by atoms with E-state index in [1.54, 1.807) is 0 Å². The number of rotatable bonds is 1. The Morgan fingerprint density at radius 2 is 2.07 bits per heavy atom.